The van der Waals surface area contributed by atoms with Gasteiger partial charge in [-0.25, -0.2) is 0 Å². The second kappa shape index (κ2) is 15.8. The molecule has 1 radical (unpaired) electrons. The summed E-state index contributed by atoms with van der Waals surface area (Å²) in [6.07, 6.45) is 0.500. The van der Waals surface area contributed by atoms with Gasteiger partial charge in [0.15, 0.2) is 0 Å². The van der Waals surface area contributed by atoms with E-state index in [4.69, 9.17) is 11.1 Å². The Kier molecular flexibility index (Phi) is 28.4. The van der Waals surface area contributed by atoms with Gasteiger partial charge in [-0.05, 0) is 0 Å². The van der Waals surface area contributed by atoms with Crippen molar-refractivity contribution in [2.45, 2.75) is 0 Å². The Morgan fingerprint density at radius 1 is 1.67 bits per heavy atom. The van der Waals surface area contributed by atoms with Gasteiger partial charge in [-0.1, -0.05) is 0 Å². The summed E-state index contributed by atoms with van der Waals surface area (Å²) in [7, 11) is 0. The summed E-state index contributed by atoms with van der Waals surface area (Å²) in [5.74, 6) is 0. The Hall–Kier alpha value is 1.85. The minimum atomic E-state index is 0.0233. The summed E-state index contributed by atoms with van der Waals surface area (Å²) >= 11 is 4.96. The Morgan fingerprint density at radius 3 is 1.67 bits per heavy atom. The van der Waals surface area contributed by atoms with E-state index in [1.807, 2.05) is 0 Å². The van der Waals surface area contributed by atoms with Crippen LogP contribution in [0.25, 0.3) is 5.73 Å². The number of hydrogen-bond donors (Lipinski definition) is 1. The first-order valence-corrected chi connectivity index (χ1v) is 22.8. The quantitative estimate of drug-likeness (QED) is 0.228. The van der Waals surface area contributed by atoms with Crippen molar-refractivity contribution < 1.29 is 0 Å². The molecule has 0 unspecified atom stereocenters. The SMILES string of the molecule is N=C[NH-].[I][Pb+][I]. The van der Waals surface area contributed by atoms with Gasteiger partial charge in [0.05, 0.1) is 0 Å². The van der Waals surface area contributed by atoms with Crippen molar-refractivity contribution >= 4 is 57.5 Å². The molecule has 6 heavy (non-hydrogen) atoms. The zero-order valence-corrected chi connectivity index (χ0v) is 11.0. The van der Waals surface area contributed by atoms with E-state index in [0.29, 0.717) is 6.34 Å². The molecule has 0 rings (SSSR count). The molecule has 2 nitrogen and oxygen atoms in total. The van der Waals surface area contributed by atoms with Crippen molar-refractivity contribution in [2.75, 3.05) is 0 Å². The number of halogens is 2. The van der Waals surface area contributed by atoms with Crippen molar-refractivity contribution in [1.82, 2.24) is 0 Å². The predicted octanol–water partition coefficient (Wildman–Crippen LogP) is 2.04. The van der Waals surface area contributed by atoms with Crippen LogP contribution in [0.4, 0.5) is 0 Å². The van der Waals surface area contributed by atoms with Crippen molar-refractivity contribution in [3.05, 3.63) is 5.73 Å². The van der Waals surface area contributed by atoms with Gasteiger partial charge in [0.1, 0.15) is 0 Å². The number of rotatable bonds is 0. The molecule has 0 bridgehead atoms. The van der Waals surface area contributed by atoms with Gasteiger partial charge >= 0.3 is 51.2 Å². The molecule has 0 aliphatic heterocycles. The summed E-state index contributed by atoms with van der Waals surface area (Å²) in [6, 6.07) is 0. The molecule has 0 aliphatic carbocycles. The third kappa shape index (κ3) is 40.2. The maximum atomic E-state index is 5.75. The minimum absolute atomic E-state index is 0.0233. The first-order chi connectivity index (χ1) is 2.83. The number of hydrogen-bond acceptors (Lipinski definition) is 1. The third-order valence-corrected chi connectivity index (χ3v) is 0. The second-order valence-corrected chi connectivity index (χ2v) is 28.3. The van der Waals surface area contributed by atoms with E-state index in [9.17, 15) is 0 Å². The van der Waals surface area contributed by atoms with E-state index < -0.39 is 0 Å². The van der Waals surface area contributed by atoms with Gasteiger partial charge < -0.3 is 11.1 Å². The Bertz CT molecular complexity index is 25.5. The van der Waals surface area contributed by atoms with Crippen LogP contribution < -0.4 is 0 Å². The van der Waals surface area contributed by atoms with Crippen LogP contribution in [0.5, 0.6) is 0 Å². The topological polar surface area (TPSA) is 47.7 Å². The van der Waals surface area contributed by atoms with Gasteiger partial charge in [0.2, 0.25) is 0 Å². The monoisotopic (exact) mass is 505 g/mol. The average Bonchev–Trinajstić information content (AvgIpc) is 1.39. The zero-order valence-electron chi connectivity index (χ0n) is 2.83. The zero-order chi connectivity index (χ0) is 5.41. The molecule has 0 saturated carbocycles. The molecule has 0 saturated heterocycles. The molecular weight excluding hydrogens is 501 g/mol. The summed E-state index contributed by atoms with van der Waals surface area (Å²) in [6.45, 7) is 0. The van der Waals surface area contributed by atoms with Crippen LogP contribution >= 0.6 is 35.5 Å². The molecule has 0 heterocycles. The normalized spacial score (nSPS) is 4.33. The molecule has 0 aromatic rings. The third-order valence-electron chi connectivity index (χ3n) is 0. The average molecular weight is 504 g/mol. The Labute approximate surface area is 67.3 Å². The van der Waals surface area contributed by atoms with Crippen LogP contribution in [0.15, 0.2) is 0 Å². The molecule has 0 fully saturated rings. The van der Waals surface area contributed by atoms with E-state index in [0.717, 1.165) is 0 Å². The van der Waals surface area contributed by atoms with Gasteiger partial charge in [-0.2, -0.15) is 0 Å². The van der Waals surface area contributed by atoms with Crippen molar-refractivity contribution in [3.8, 4) is 0 Å². The summed E-state index contributed by atoms with van der Waals surface area (Å²) < 4.78 is 0. The standard InChI is InChI=1S/CH3N2.2HI.Pb/c2-1-3;;;/h1H,(H2-,2,3);2*1H;/q-1;;;+3/p-2. The van der Waals surface area contributed by atoms with E-state index in [1.165, 1.54) is 0 Å². The van der Waals surface area contributed by atoms with E-state index in [1.54, 1.807) is 0 Å². The van der Waals surface area contributed by atoms with Crippen molar-refractivity contribution in [3.63, 3.8) is 0 Å². The summed E-state index contributed by atoms with van der Waals surface area (Å²) in [5, 5.41) is 5.75. The van der Waals surface area contributed by atoms with Crippen LogP contribution in [0.1, 0.15) is 0 Å². The van der Waals surface area contributed by atoms with Gasteiger partial charge in [-0.15, -0.1) is 6.34 Å². The molecule has 5 heteroatoms. The predicted molar refractivity (Wildman–Crippen MR) is 46.9 cm³/mol. The van der Waals surface area contributed by atoms with E-state index in [-0.39, 0.29) is 15.6 Å². The molecular formula is CH3I2N2Pb. The summed E-state index contributed by atoms with van der Waals surface area (Å²) in [5.41, 5.74) is 5.75. The number of nitrogens with one attached hydrogen (secondary N) is 2. The molecule has 2 N–H and O–H groups in total. The Balaban J connectivity index is 0. The molecule has 0 aliphatic rings. The second-order valence-electron chi connectivity index (χ2n) is 0.216. The van der Waals surface area contributed by atoms with Crippen LogP contribution in [-0.2, 0) is 0 Å². The van der Waals surface area contributed by atoms with Crippen molar-refractivity contribution in [1.29, 1.82) is 5.41 Å². The van der Waals surface area contributed by atoms with E-state index in [2.05, 4.69) is 35.5 Å². The fraction of sp³-hybridized carbons (Fsp3) is 0. The van der Waals surface area contributed by atoms with Gasteiger partial charge in [0, 0.05) is 0 Å². The molecule has 0 atom stereocenters. The fourth-order valence-electron chi connectivity index (χ4n) is 0. The van der Waals surface area contributed by atoms with Gasteiger partial charge in [0.25, 0.3) is 0 Å². The Morgan fingerprint density at radius 2 is 1.67 bits per heavy atom. The molecule has 0 amide bonds. The summed E-state index contributed by atoms with van der Waals surface area (Å²) in [4.78, 5) is 0. The molecule has 0 aromatic carbocycles. The van der Waals surface area contributed by atoms with Gasteiger partial charge in [-0.3, -0.25) is 0 Å². The van der Waals surface area contributed by atoms with Crippen molar-refractivity contribution in [2.24, 2.45) is 0 Å². The van der Waals surface area contributed by atoms with Crippen LogP contribution in [-0.4, -0.2) is 22.0 Å². The molecule has 0 aromatic heterocycles. The van der Waals surface area contributed by atoms with E-state index >= 15 is 0 Å². The first-order valence-electron chi connectivity index (χ1n) is 0.955. The maximum absolute atomic E-state index is 5.75. The van der Waals surface area contributed by atoms with Crippen LogP contribution in [0.3, 0.4) is 0 Å². The van der Waals surface area contributed by atoms with Crippen LogP contribution in [0, 0.1) is 5.41 Å². The molecule has 0 spiro atoms. The molecule has 35 valence electrons. The first kappa shape index (κ1) is 10.8. The van der Waals surface area contributed by atoms with Crippen LogP contribution in [0.2, 0.25) is 0 Å². The fourth-order valence-corrected chi connectivity index (χ4v) is 0.